The second-order valence-corrected chi connectivity index (χ2v) is 6.32. The van der Waals surface area contributed by atoms with Crippen molar-refractivity contribution in [2.45, 2.75) is 20.4 Å². The Bertz CT molecular complexity index is 859. The molecule has 0 atom stereocenters. The van der Waals surface area contributed by atoms with Crippen LogP contribution in [0.3, 0.4) is 0 Å². The minimum atomic E-state index is -0.195. The number of nitrogens with one attached hydrogen (secondary N) is 1. The van der Waals surface area contributed by atoms with Gasteiger partial charge >= 0.3 is 0 Å². The molecule has 0 bridgehead atoms. The van der Waals surface area contributed by atoms with Crippen LogP contribution in [-0.4, -0.2) is 25.7 Å². The number of hydrogen-bond acceptors (Lipinski definition) is 5. The summed E-state index contributed by atoms with van der Waals surface area (Å²) in [6, 6.07) is 11.1. The molecule has 6 nitrogen and oxygen atoms in total. The van der Waals surface area contributed by atoms with Crippen molar-refractivity contribution >= 4 is 23.5 Å². The van der Waals surface area contributed by atoms with Crippen LogP contribution in [0.25, 0.3) is 11.4 Å². The van der Waals surface area contributed by atoms with Gasteiger partial charge in [-0.15, -0.1) is 5.10 Å². The van der Waals surface area contributed by atoms with Crippen LogP contribution in [0.4, 0.5) is 5.95 Å². The van der Waals surface area contributed by atoms with Crippen molar-refractivity contribution < 1.29 is 4.79 Å². The Morgan fingerprint density at radius 2 is 2.00 bits per heavy atom. The predicted octanol–water partition coefficient (Wildman–Crippen LogP) is 3.90. The highest BCUT2D eigenvalue weighted by molar-refractivity contribution is 6.30. The average molecular weight is 356 g/mol. The van der Waals surface area contributed by atoms with Crippen molar-refractivity contribution in [3.8, 4) is 11.4 Å². The van der Waals surface area contributed by atoms with Gasteiger partial charge in [0, 0.05) is 35.4 Å². The Hall–Kier alpha value is -2.73. The number of nitrogens with zero attached hydrogens (tertiary/aromatic N) is 4. The molecule has 3 aromatic rings. The maximum Gasteiger partial charge on any atom is 0.252 e. The van der Waals surface area contributed by atoms with Crippen LogP contribution < -0.4 is 5.32 Å². The molecule has 1 aromatic carbocycles. The third-order valence-corrected chi connectivity index (χ3v) is 3.85. The first kappa shape index (κ1) is 17.1. The fourth-order valence-electron chi connectivity index (χ4n) is 2.23. The molecule has 0 spiro atoms. The number of halogens is 1. The quantitative estimate of drug-likeness (QED) is 0.751. The summed E-state index contributed by atoms with van der Waals surface area (Å²) in [4.78, 5) is 21.0. The Labute approximate surface area is 150 Å². The van der Waals surface area contributed by atoms with Gasteiger partial charge in [-0.2, -0.15) is 9.67 Å². The summed E-state index contributed by atoms with van der Waals surface area (Å²) in [6.45, 7) is 4.17. The summed E-state index contributed by atoms with van der Waals surface area (Å²) in [7, 11) is 0. The number of pyridine rings is 1. The van der Waals surface area contributed by atoms with E-state index in [0.29, 0.717) is 23.3 Å². The Morgan fingerprint density at radius 3 is 2.64 bits per heavy atom. The monoisotopic (exact) mass is 355 g/mol. The molecule has 0 amide bonds. The van der Waals surface area contributed by atoms with E-state index >= 15 is 0 Å². The molecule has 0 aliphatic rings. The third kappa shape index (κ3) is 4.03. The summed E-state index contributed by atoms with van der Waals surface area (Å²) in [6.07, 6.45) is 3.35. The Morgan fingerprint density at radius 1 is 1.24 bits per heavy atom. The van der Waals surface area contributed by atoms with Gasteiger partial charge in [0.15, 0.2) is 5.82 Å². The number of benzene rings is 1. The first-order chi connectivity index (χ1) is 12.0. The zero-order valence-electron chi connectivity index (χ0n) is 14.0. The molecule has 2 heterocycles. The second kappa shape index (κ2) is 7.44. The van der Waals surface area contributed by atoms with Gasteiger partial charge in [0.05, 0.1) is 0 Å². The summed E-state index contributed by atoms with van der Waals surface area (Å²) < 4.78 is 1.32. The summed E-state index contributed by atoms with van der Waals surface area (Å²) in [5, 5.41) is 8.22. The molecule has 128 valence electrons. The molecule has 0 aliphatic carbocycles. The first-order valence-electron chi connectivity index (χ1n) is 7.94. The molecule has 0 fully saturated rings. The summed E-state index contributed by atoms with van der Waals surface area (Å²) >= 11 is 5.90. The van der Waals surface area contributed by atoms with Crippen LogP contribution in [0.2, 0.25) is 5.02 Å². The Balaban J connectivity index is 1.89. The average Bonchev–Trinajstić information content (AvgIpc) is 3.05. The highest BCUT2D eigenvalue weighted by Crippen LogP contribution is 2.19. The van der Waals surface area contributed by atoms with Crippen LogP contribution in [0.15, 0.2) is 48.8 Å². The number of rotatable bonds is 5. The SMILES string of the molecule is CC(C)C(=O)n1nc(-c2cccnc2)nc1NCc1ccc(Cl)cc1. The molecule has 0 saturated carbocycles. The summed E-state index contributed by atoms with van der Waals surface area (Å²) in [5.74, 6) is 0.550. The topological polar surface area (TPSA) is 72.7 Å². The van der Waals surface area contributed by atoms with Crippen LogP contribution >= 0.6 is 11.6 Å². The van der Waals surface area contributed by atoms with Crippen molar-refractivity contribution in [1.29, 1.82) is 0 Å². The molecular formula is C18H18ClN5O. The molecule has 0 unspecified atom stereocenters. The number of aromatic nitrogens is 4. The Kier molecular flexibility index (Phi) is 5.09. The lowest BCUT2D eigenvalue weighted by molar-refractivity contribution is 0.0841. The fourth-order valence-corrected chi connectivity index (χ4v) is 2.35. The molecule has 2 aromatic heterocycles. The number of carbonyl (C=O) groups excluding carboxylic acids is 1. The van der Waals surface area contributed by atoms with Crippen LogP contribution in [0.5, 0.6) is 0 Å². The van der Waals surface area contributed by atoms with E-state index in [-0.39, 0.29) is 11.8 Å². The van der Waals surface area contributed by atoms with Gasteiger partial charge in [0.1, 0.15) is 0 Å². The minimum Gasteiger partial charge on any atom is -0.350 e. The van der Waals surface area contributed by atoms with E-state index in [4.69, 9.17) is 11.6 Å². The molecule has 0 aliphatic heterocycles. The smallest absolute Gasteiger partial charge is 0.252 e. The lowest BCUT2D eigenvalue weighted by Crippen LogP contribution is -2.21. The number of hydrogen-bond donors (Lipinski definition) is 1. The largest absolute Gasteiger partial charge is 0.350 e. The molecule has 7 heteroatoms. The second-order valence-electron chi connectivity index (χ2n) is 5.89. The molecule has 0 saturated heterocycles. The number of anilines is 1. The van der Waals surface area contributed by atoms with E-state index in [1.807, 2.05) is 44.2 Å². The van der Waals surface area contributed by atoms with E-state index in [1.54, 1.807) is 18.5 Å². The maximum atomic E-state index is 12.5. The van der Waals surface area contributed by atoms with E-state index in [2.05, 4.69) is 20.4 Å². The van der Waals surface area contributed by atoms with Crippen molar-refractivity contribution in [3.05, 3.63) is 59.4 Å². The van der Waals surface area contributed by atoms with Gasteiger partial charge in [-0.1, -0.05) is 37.6 Å². The molecular weight excluding hydrogens is 338 g/mol. The maximum absolute atomic E-state index is 12.5. The van der Waals surface area contributed by atoms with Crippen molar-refractivity contribution in [2.75, 3.05) is 5.32 Å². The van der Waals surface area contributed by atoms with E-state index in [9.17, 15) is 4.79 Å². The number of carbonyl (C=O) groups is 1. The van der Waals surface area contributed by atoms with Gasteiger partial charge in [-0.05, 0) is 29.8 Å². The zero-order chi connectivity index (χ0) is 17.8. The first-order valence-corrected chi connectivity index (χ1v) is 8.32. The van der Waals surface area contributed by atoms with Gasteiger partial charge < -0.3 is 5.32 Å². The predicted molar refractivity (Wildman–Crippen MR) is 97.5 cm³/mol. The van der Waals surface area contributed by atoms with Crippen molar-refractivity contribution in [1.82, 2.24) is 19.7 Å². The standard InChI is InChI=1S/C18H18ClN5O/c1-12(2)17(25)24-18(21-10-13-5-7-15(19)8-6-13)22-16(23-24)14-4-3-9-20-11-14/h3-9,11-12H,10H2,1-2H3,(H,21,22,23). The fraction of sp³-hybridized carbons (Fsp3) is 0.222. The van der Waals surface area contributed by atoms with Gasteiger partial charge in [0.2, 0.25) is 5.95 Å². The van der Waals surface area contributed by atoms with E-state index in [1.165, 1.54) is 4.68 Å². The lowest BCUT2D eigenvalue weighted by atomic mass is 10.2. The van der Waals surface area contributed by atoms with Crippen LogP contribution in [-0.2, 0) is 6.54 Å². The van der Waals surface area contributed by atoms with Crippen LogP contribution in [0.1, 0.15) is 24.2 Å². The minimum absolute atomic E-state index is 0.124. The van der Waals surface area contributed by atoms with E-state index in [0.717, 1.165) is 11.1 Å². The third-order valence-electron chi connectivity index (χ3n) is 3.59. The highest BCUT2D eigenvalue weighted by Gasteiger charge is 2.19. The van der Waals surface area contributed by atoms with E-state index < -0.39 is 0 Å². The van der Waals surface area contributed by atoms with Gasteiger partial charge in [-0.3, -0.25) is 9.78 Å². The summed E-state index contributed by atoms with van der Waals surface area (Å²) in [5.41, 5.74) is 1.78. The molecule has 1 N–H and O–H groups in total. The van der Waals surface area contributed by atoms with Crippen LogP contribution in [0, 0.1) is 5.92 Å². The lowest BCUT2D eigenvalue weighted by Gasteiger charge is -2.09. The molecule has 25 heavy (non-hydrogen) atoms. The highest BCUT2D eigenvalue weighted by atomic mass is 35.5. The zero-order valence-corrected chi connectivity index (χ0v) is 14.7. The molecule has 3 rings (SSSR count). The van der Waals surface area contributed by atoms with Gasteiger partial charge in [-0.25, -0.2) is 0 Å². The normalized spacial score (nSPS) is 10.9. The van der Waals surface area contributed by atoms with Crippen molar-refractivity contribution in [3.63, 3.8) is 0 Å². The molecule has 0 radical (unpaired) electrons. The van der Waals surface area contributed by atoms with Gasteiger partial charge in [0.25, 0.3) is 5.91 Å². The van der Waals surface area contributed by atoms with Crippen molar-refractivity contribution in [2.24, 2.45) is 5.92 Å².